The van der Waals surface area contributed by atoms with Gasteiger partial charge in [0.05, 0.1) is 11.4 Å². The first-order chi connectivity index (χ1) is 13.1. The number of fused-ring (bicyclic) bond motifs is 2. The van der Waals surface area contributed by atoms with Gasteiger partial charge in [0.2, 0.25) is 5.91 Å². The molecule has 0 fully saturated rings. The van der Waals surface area contributed by atoms with E-state index in [-0.39, 0.29) is 24.1 Å². The second kappa shape index (κ2) is 6.99. The van der Waals surface area contributed by atoms with Gasteiger partial charge in [-0.3, -0.25) is 14.2 Å². The average molecular weight is 358 g/mol. The van der Waals surface area contributed by atoms with E-state index in [2.05, 4.69) is 27.4 Å². The van der Waals surface area contributed by atoms with Gasteiger partial charge in [-0.25, -0.2) is 9.97 Å². The van der Waals surface area contributed by atoms with Crippen LogP contribution in [0.15, 0.2) is 71.9 Å². The predicted octanol–water partition coefficient (Wildman–Crippen LogP) is 2.82. The Balaban J connectivity index is 1.51. The lowest BCUT2D eigenvalue weighted by atomic mass is 10.0. The van der Waals surface area contributed by atoms with Crippen LogP contribution in [0, 0.1) is 0 Å². The van der Waals surface area contributed by atoms with Crippen molar-refractivity contribution in [2.45, 2.75) is 19.5 Å². The second-order valence-corrected chi connectivity index (χ2v) is 6.45. The fourth-order valence-corrected chi connectivity index (χ4v) is 3.11. The highest BCUT2D eigenvalue weighted by Gasteiger charge is 2.12. The van der Waals surface area contributed by atoms with Gasteiger partial charge in [0.25, 0.3) is 5.56 Å². The minimum Gasteiger partial charge on any atom is -0.348 e. The van der Waals surface area contributed by atoms with Crippen molar-refractivity contribution in [3.63, 3.8) is 0 Å². The van der Waals surface area contributed by atoms with Crippen molar-refractivity contribution in [2.75, 3.05) is 0 Å². The molecule has 0 saturated carbocycles. The summed E-state index contributed by atoms with van der Waals surface area (Å²) in [4.78, 5) is 33.1. The maximum absolute atomic E-state index is 12.5. The van der Waals surface area contributed by atoms with E-state index in [0.29, 0.717) is 11.0 Å². The van der Waals surface area contributed by atoms with Crippen molar-refractivity contribution in [1.29, 1.82) is 0 Å². The predicted molar refractivity (Wildman–Crippen MR) is 104 cm³/mol. The zero-order valence-corrected chi connectivity index (χ0v) is 14.8. The number of carbonyl (C=O) groups excluding carboxylic acids is 1. The van der Waals surface area contributed by atoms with Gasteiger partial charge in [0.1, 0.15) is 12.9 Å². The Morgan fingerprint density at radius 2 is 1.89 bits per heavy atom. The topological polar surface area (TPSA) is 76.9 Å². The second-order valence-electron chi connectivity index (χ2n) is 6.45. The molecule has 4 rings (SSSR count). The van der Waals surface area contributed by atoms with Crippen molar-refractivity contribution >= 4 is 27.7 Å². The van der Waals surface area contributed by atoms with Gasteiger partial charge in [-0.1, -0.05) is 36.4 Å². The van der Waals surface area contributed by atoms with Crippen LogP contribution in [0.25, 0.3) is 21.8 Å². The lowest BCUT2D eigenvalue weighted by molar-refractivity contribution is -0.122. The zero-order chi connectivity index (χ0) is 18.8. The van der Waals surface area contributed by atoms with Gasteiger partial charge < -0.3 is 5.32 Å². The van der Waals surface area contributed by atoms with Crippen LogP contribution < -0.4 is 10.9 Å². The lowest BCUT2D eigenvalue weighted by Gasteiger charge is -2.15. The molecule has 0 aliphatic heterocycles. The molecule has 0 spiro atoms. The molecule has 1 N–H and O–H groups in total. The molecule has 2 heterocycles. The van der Waals surface area contributed by atoms with Gasteiger partial charge in [0.15, 0.2) is 5.65 Å². The molecular weight excluding hydrogens is 340 g/mol. The van der Waals surface area contributed by atoms with Gasteiger partial charge in [0, 0.05) is 6.20 Å². The zero-order valence-electron chi connectivity index (χ0n) is 14.8. The van der Waals surface area contributed by atoms with E-state index >= 15 is 0 Å². The first-order valence-corrected chi connectivity index (χ1v) is 8.70. The van der Waals surface area contributed by atoms with E-state index in [1.165, 1.54) is 10.9 Å². The SMILES string of the molecule is C[C@H](NC(=O)Cn1cnc2ncccc2c1=O)c1ccc2ccccc2c1. The van der Waals surface area contributed by atoms with Crippen molar-refractivity contribution in [1.82, 2.24) is 19.9 Å². The van der Waals surface area contributed by atoms with Crippen LogP contribution in [-0.4, -0.2) is 20.4 Å². The van der Waals surface area contributed by atoms with E-state index in [9.17, 15) is 9.59 Å². The number of carbonyl (C=O) groups is 1. The molecule has 0 aliphatic rings. The van der Waals surface area contributed by atoms with Crippen LogP contribution in [0.1, 0.15) is 18.5 Å². The van der Waals surface area contributed by atoms with Gasteiger partial charge >= 0.3 is 0 Å². The largest absolute Gasteiger partial charge is 0.348 e. The molecule has 6 nitrogen and oxygen atoms in total. The summed E-state index contributed by atoms with van der Waals surface area (Å²) < 4.78 is 1.30. The average Bonchev–Trinajstić information content (AvgIpc) is 2.70. The number of nitrogens with zero attached hydrogens (tertiary/aromatic N) is 3. The Labute approximate surface area is 155 Å². The molecule has 1 amide bonds. The van der Waals surface area contributed by atoms with Crippen LogP contribution in [0.2, 0.25) is 0 Å². The first-order valence-electron chi connectivity index (χ1n) is 8.70. The van der Waals surface area contributed by atoms with Crippen LogP contribution in [0.5, 0.6) is 0 Å². The molecule has 0 aliphatic carbocycles. The van der Waals surface area contributed by atoms with Gasteiger partial charge in [-0.15, -0.1) is 0 Å². The van der Waals surface area contributed by atoms with E-state index < -0.39 is 0 Å². The molecular formula is C21H18N4O2. The number of nitrogens with one attached hydrogen (secondary N) is 1. The van der Waals surface area contributed by atoms with Crippen LogP contribution in [0.4, 0.5) is 0 Å². The number of rotatable bonds is 4. The number of hydrogen-bond donors (Lipinski definition) is 1. The Bertz CT molecular complexity index is 1200. The number of amides is 1. The summed E-state index contributed by atoms with van der Waals surface area (Å²) in [6, 6.07) is 17.4. The number of pyridine rings is 1. The van der Waals surface area contributed by atoms with Crippen molar-refractivity contribution in [2.24, 2.45) is 0 Å². The summed E-state index contributed by atoms with van der Waals surface area (Å²) in [6.45, 7) is 1.84. The fraction of sp³-hybridized carbons (Fsp3) is 0.143. The van der Waals surface area contributed by atoms with Crippen molar-refractivity contribution < 1.29 is 4.79 Å². The molecule has 6 heteroatoms. The van der Waals surface area contributed by atoms with E-state index in [0.717, 1.165) is 16.3 Å². The normalized spacial score (nSPS) is 12.2. The third kappa shape index (κ3) is 3.42. The number of benzene rings is 2. The molecule has 27 heavy (non-hydrogen) atoms. The Kier molecular flexibility index (Phi) is 4.38. The maximum atomic E-state index is 12.5. The summed E-state index contributed by atoms with van der Waals surface area (Å²) in [7, 11) is 0. The molecule has 0 saturated heterocycles. The van der Waals surface area contributed by atoms with E-state index in [4.69, 9.17) is 0 Å². The van der Waals surface area contributed by atoms with Crippen LogP contribution in [-0.2, 0) is 11.3 Å². The van der Waals surface area contributed by atoms with Gasteiger partial charge in [-0.2, -0.15) is 0 Å². The molecule has 0 radical (unpaired) electrons. The third-order valence-corrected chi connectivity index (χ3v) is 4.56. The van der Waals surface area contributed by atoms with E-state index in [1.54, 1.807) is 18.3 Å². The summed E-state index contributed by atoms with van der Waals surface area (Å²) in [5.74, 6) is -0.247. The maximum Gasteiger partial charge on any atom is 0.263 e. The fourth-order valence-electron chi connectivity index (χ4n) is 3.11. The quantitative estimate of drug-likeness (QED) is 0.609. The Morgan fingerprint density at radius 3 is 2.74 bits per heavy atom. The highest BCUT2D eigenvalue weighted by molar-refractivity contribution is 5.83. The van der Waals surface area contributed by atoms with Crippen molar-refractivity contribution in [3.8, 4) is 0 Å². The Hall–Kier alpha value is -3.54. The summed E-state index contributed by atoms with van der Waals surface area (Å²) in [5.41, 5.74) is 1.11. The smallest absolute Gasteiger partial charge is 0.263 e. The number of aromatic nitrogens is 3. The molecule has 2 aromatic carbocycles. The molecule has 134 valence electrons. The van der Waals surface area contributed by atoms with E-state index in [1.807, 2.05) is 37.3 Å². The first kappa shape index (κ1) is 16.9. The molecule has 0 unspecified atom stereocenters. The lowest BCUT2D eigenvalue weighted by Crippen LogP contribution is -2.34. The summed E-state index contributed by atoms with van der Waals surface area (Å²) in [6.07, 6.45) is 2.94. The summed E-state index contributed by atoms with van der Waals surface area (Å²) in [5, 5.41) is 5.62. The highest BCUT2D eigenvalue weighted by atomic mass is 16.2. The third-order valence-electron chi connectivity index (χ3n) is 4.56. The summed E-state index contributed by atoms with van der Waals surface area (Å²) >= 11 is 0. The standard InChI is InChI=1S/C21H18N4O2/c1-14(16-9-8-15-5-2-3-6-17(15)11-16)24-19(26)12-25-13-23-20-18(21(25)27)7-4-10-22-20/h2-11,13-14H,12H2,1H3,(H,24,26)/t14-/m0/s1. The minimum absolute atomic E-state index is 0.0887. The molecule has 2 aromatic heterocycles. The minimum atomic E-state index is -0.276. The van der Waals surface area contributed by atoms with Crippen molar-refractivity contribution in [3.05, 3.63) is 83.0 Å². The van der Waals surface area contributed by atoms with Gasteiger partial charge in [-0.05, 0) is 41.5 Å². The molecule has 0 bridgehead atoms. The highest BCUT2D eigenvalue weighted by Crippen LogP contribution is 2.20. The number of hydrogen-bond acceptors (Lipinski definition) is 4. The molecule has 4 aromatic rings. The van der Waals surface area contributed by atoms with Crippen LogP contribution in [0.3, 0.4) is 0 Å². The Morgan fingerprint density at radius 1 is 1.07 bits per heavy atom. The monoisotopic (exact) mass is 358 g/mol. The van der Waals surface area contributed by atoms with Crippen LogP contribution >= 0.6 is 0 Å². The molecule has 1 atom stereocenters.